The maximum Gasteiger partial charge on any atom is 0.295 e. The van der Waals surface area contributed by atoms with Crippen LogP contribution < -0.4 is 0 Å². The van der Waals surface area contributed by atoms with Crippen LogP contribution >= 0.6 is 23.2 Å². The van der Waals surface area contributed by atoms with Crippen molar-refractivity contribution in [2.45, 2.75) is 6.04 Å². The lowest BCUT2D eigenvalue weighted by atomic mass is 9.95. The van der Waals surface area contributed by atoms with Crippen LogP contribution in [0, 0.1) is 0 Å². The number of halogens is 2. The van der Waals surface area contributed by atoms with E-state index in [1.807, 2.05) is 0 Å². The number of ether oxygens (including phenoxy) is 1. The second-order valence-electron chi connectivity index (χ2n) is 7.47. The van der Waals surface area contributed by atoms with Gasteiger partial charge < -0.3 is 14.7 Å². The largest absolute Gasteiger partial charge is 0.507 e. The Kier molecular flexibility index (Phi) is 6.62. The minimum atomic E-state index is -0.773. The van der Waals surface area contributed by atoms with Crippen LogP contribution in [0.3, 0.4) is 0 Å². The summed E-state index contributed by atoms with van der Waals surface area (Å²) in [5, 5.41) is 12.0. The van der Waals surface area contributed by atoms with E-state index in [4.69, 9.17) is 27.9 Å². The SMILES string of the molecule is O=C1C(=O)N(CCN2CCOCC2)[C@@H](c2ccccc2Cl)C1=C(O)c1ccc(Cl)cc1. The Bertz CT molecular complexity index is 1020. The Morgan fingerprint density at radius 3 is 2.35 bits per heavy atom. The van der Waals surface area contributed by atoms with Crippen LogP contribution in [0.2, 0.25) is 10.0 Å². The van der Waals surface area contributed by atoms with Crippen molar-refractivity contribution in [1.82, 2.24) is 9.80 Å². The molecule has 2 aromatic rings. The predicted octanol–water partition coefficient (Wildman–Crippen LogP) is 3.75. The van der Waals surface area contributed by atoms with Crippen LogP contribution in [-0.4, -0.2) is 66.0 Å². The summed E-state index contributed by atoms with van der Waals surface area (Å²) < 4.78 is 5.38. The number of carbonyl (C=O) groups excluding carboxylic acids is 2. The highest BCUT2D eigenvalue weighted by atomic mass is 35.5. The van der Waals surface area contributed by atoms with Crippen LogP contribution in [-0.2, 0) is 14.3 Å². The van der Waals surface area contributed by atoms with Crippen molar-refractivity contribution in [3.63, 3.8) is 0 Å². The van der Waals surface area contributed by atoms with Crippen LogP contribution in [0.4, 0.5) is 0 Å². The number of ketones is 1. The topological polar surface area (TPSA) is 70.1 Å². The third-order valence-electron chi connectivity index (χ3n) is 5.62. The quantitative estimate of drug-likeness (QED) is 0.418. The fourth-order valence-electron chi connectivity index (χ4n) is 3.97. The molecule has 2 fully saturated rings. The molecule has 2 aromatic carbocycles. The number of rotatable bonds is 5. The first-order valence-electron chi connectivity index (χ1n) is 10.1. The van der Waals surface area contributed by atoms with Crippen LogP contribution in [0.1, 0.15) is 17.2 Å². The minimum Gasteiger partial charge on any atom is -0.507 e. The number of hydrogen-bond acceptors (Lipinski definition) is 5. The number of morpholine rings is 1. The molecule has 6 nitrogen and oxygen atoms in total. The van der Waals surface area contributed by atoms with E-state index in [0.29, 0.717) is 47.5 Å². The highest BCUT2D eigenvalue weighted by Crippen LogP contribution is 2.41. The Morgan fingerprint density at radius 2 is 1.68 bits per heavy atom. The average molecular weight is 461 g/mol. The van der Waals surface area contributed by atoms with Crippen molar-refractivity contribution >= 4 is 40.7 Å². The molecule has 0 radical (unpaired) electrons. The zero-order valence-electron chi connectivity index (χ0n) is 16.8. The molecule has 4 rings (SSSR count). The number of aliphatic hydroxyl groups excluding tert-OH is 1. The molecule has 1 atom stereocenters. The molecule has 31 heavy (non-hydrogen) atoms. The maximum absolute atomic E-state index is 13.0. The summed E-state index contributed by atoms with van der Waals surface area (Å²) >= 11 is 12.4. The van der Waals surface area contributed by atoms with Gasteiger partial charge in [0.2, 0.25) is 0 Å². The molecular formula is C23H22Cl2N2O4. The van der Waals surface area contributed by atoms with E-state index < -0.39 is 17.7 Å². The molecule has 0 spiro atoms. The van der Waals surface area contributed by atoms with E-state index in [1.54, 1.807) is 48.5 Å². The molecule has 0 unspecified atom stereocenters. The van der Waals surface area contributed by atoms with Crippen LogP contribution in [0.5, 0.6) is 0 Å². The molecule has 1 amide bonds. The van der Waals surface area contributed by atoms with E-state index in [1.165, 1.54) is 4.90 Å². The molecule has 1 N–H and O–H groups in total. The minimum absolute atomic E-state index is 0.0300. The average Bonchev–Trinajstić information content (AvgIpc) is 3.03. The highest BCUT2D eigenvalue weighted by Gasteiger charge is 2.46. The Hall–Kier alpha value is -2.38. The van der Waals surface area contributed by atoms with Gasteiger partial charge in [-0.3, -0.25) is 14.5 Å². The second kappa shape index (κ2) is 9.40. The number of aliphatic hydroxyl groups is 1. The molecule has 2 aliphatic rings. The lowest BCUT2D eigenvalue weighted by molar-refractivity contribution is -0.140. The van der Waals surface area contributed by atoms with Crippen molar-refractivity contribution in [3.05, 3.63) is 75.3 Å². The van der Waals surface area contributed by atoms with Gasteiger partial charge in [-0.1, -0.05) is 41.4 Å². The van der Waals surface area contributed by atoms with Gasteiger partial charge in [0, 0.05) is 41.8 Å². The predicted molar refractivity (Wildman–Crippen MR) is 119 cm³/mol. The Balaban J connectivity index is 1.75. The van der Waals surface area contributed by atoms with Crippen molar-refractivity contribution in [2.24, 2.45) is 0 Å². The first-order chi connectivity index (χ1) is 15.0. The summed E-state index contributed by atoms with van der Waals surface area (Å²) in [7, 11) is 0. The fourth-order valence-corrected chi connectivity index (χ4v) is 4.33. The van der Waals surface area contributed by atoms with Gasteiger partial charge in [-0.05, 0) is 35.9 Å². The zero-order valence-corrected chi connectivity index (χ0v) is 18.3. The van der Waals surface area contributed by atoms with Crippen molar-refractivity contribution in [3.8, 4) is 0 Å². The van der Waals surface area contributed by atoms with Gasteiger partial charge in [0.15, 0.2) is 0 Å². The summed E-state index contributed by atoms with van der Waals surface area (Å²) in [6, 6.07) is 12.8. The Morgan fingerprint density at radius 1 is 1.00 bits per heavy atom. The van der Waals surface area contributed by atoms with Crippen molar-refractivity contribution in [1.29, 1.82) is 0 Å². The van der Waals surface area contributed by atoms with Gasteiger partial charge in [0.05, 0.1) is 24.8 Å². The van der Waals surface area contributed by atoms with Gasteiger partial charge in [0.25, 0.3) is 11.7 Å². The van der Waals surface area contributed by atoms with E-state index in [2.05, 4.69) is 4.90 Å². The van der Waals surface area contributed by atoms with Crippen molar-refractivity contribution < 1.29 is 19.4 Å². The molecule has 0 aromatic heterocycles. The van der Waals surface area contributed by atoms with E-state index in [-0.39, 0.29) is 11.3 Å². The molecule has 0 bridgehead atoms. The zero-order chi connectivity index (χ0) is 22.0. The van der Waals surface area contributed by atoms with Gasteiger partial charge in [-0.2, -0.15) is 0 Å². The molecule has 2 heterocycles. The molecule has 8 heteroatoms. The van der Waals surface area contributed by atoms with E-state index >= 15 is 0 Å². The van der Waals surface area contributed by atoms with E-state index in [9.17, 15) is 14.7 Å². The molecule has 0 saturated carbocycles. The van der Waals surface area contributed by atoms with E-state index in [0.717, 1.165) is 13.1 Å². The number of amides is 1. The molecular weight excluding hydrogens is 439 g/mol. The lowest BCUT2D eigenvalue weighted by Crippen LogP contribution is -2.42. The van der Waals surface area contributed by atoms with Crippen LogP contribution in [0.25, 0.3) is 5.76 Å². The molecule has 2 aliphatic heterocycles. The summed E-state index contributed by atoms with van der Waals surface area (Å²) in [6.07, 6.45) is 0. The van der Waals surface area contributed by atoms with Gasteiger partial charge in [-0.25, -0.2) is 0 Å². The number of hydrogen-bond donors (Lipinski definition) is 1. The van der Waals surface area contributed by atoms with Gasteiger partial charge in [-0.15, -0.1) is 0 Å². The van der Waals surface area contributed by atoms with Crippen LogP contribution in [0.15, 0.2) is 54.1 Å². The summed E-state index contributed by atoms with van der Waals surface area (Å²) in [6.45, 7) is 3.75. The fraction of sp³-hybridized carbons (Fsp3) is 0.304. The first-order valence-corrected chi connectivity index (χ1v) is 10.8. The van der Waals surface area contributed by atoms with Crippen molar-refractivity contribution in [2.75, 3.05) is 39.4 Å². The highest BCUT2D eigenvalue weighted by molar-refractivity contribution is 6.47. The second-order valence-corrected chi connectivity index (χ2v) is 8.32. The number of nitrogens with zero attached hydrogens (tertiary/aromatic N) is 2. The summed E-state index contributed by atoms with van der Waals surface area (Å²) in [4.78, 5) is 29.7. The monoisotopic (exact) mass is 460 g/mol. The third kappa shape index (κ3) is 4.48. The standard InChI is InChI=1S/C23H22Cl2N2O4/c24-16-7-5-15(6-8-16)21(28)19-20(17-3-1-2-4-18(17)25)27(23(30)22(19)29)10-9-26-11-13-31-14-12-26/h1-8,20,28H,9-14H2/t20-/m0/s1. The smallest absolute Gasteiger partial charge is 0.295 e. The first kappa shape index (κ1) is 21.8. The normalized spacial score (nSPS) is 21.6. The number of Topliss-reactive ketones (excluding diaryl/α,β-unsaturated/α-hetero) is 1. The third-order valence-corrected chi connectivity index (χ3v) is 6.21. The van der Waals surface area contributed by atoms with Gasteiger partial charge >= 0.3 is 0 Å². The maximum atomic E-state index is 13.0. The van der Waals surface area contributed by atoms with Gasteiger partial charge in [0.1, 0.15) is 5.76 Å². The lowest BCUT2D eigenvalue weighted by Gasteiger charge is -2.31. The summed E-state index contributed by atoms with van der Waals surface area (Å²) in [5.74, 6) is -1.61. The molecule has 0 aliphatic carbocycles. The number of carbonyl (C=O) groups is 2. The number of likely N-dealkylation sites (tertiary alicyclic amines) is 1. The molecule has 2 saturated heterocycles. The number of benzene rings is 2. The Labute approximate surface area is 190 Å². The summed E-state index contributed by atoms with van der Waals surface area (Å²) in [5.41, 5.74) is 1.04. The molecule has 162 valence electrons.